The highest BCUT2D eigenvalue weighted by molar-refractivity contribution is 6.28. The molecule has 6 rings (SSSR count). The largest absolute Gasteiger partial charge is 0.226 e. The van der Waals surface area contributed by atoms with E-state index in [1.165, 1.54) is 0 Å². The second kappa shape index (κ2) is 9.13. The van der Waals surface area contributed by atoms with E-state index in [2.05, 4.69) is 82.8 Å². The van der Waals surface area contributed by atoms with E-state index in [9.17, 15) is 0 Å². The fourth-order valence-corrected chi connectivity index (χ4v) is 4.66. The molecule has 0 amide bonds. The molecule has 0 aliphatic heterocycles. The number of fused-ring (bicyclic) bond motifs is 1. The molecule has 0 saturated heterocycles. The Morgan fingerprint density at radius 2 is 1.03 bits per heavy atom. The van der Waals surface area contributed by atoms with Gasteiger partial charge in [-0.25, -0.2) is 4.98 Å². The van der Waals surface area contributed by atoms with E-state index in [1.807, 2.05) is 48.5 Å². The summed E-state index contributed by atoms with van der Waals surface area (Å²) < 4.78 is 0. The number of rotatable bonds is 4. The van der Waals surface area contributed by atoms with Crippen molar-refractivity contribution in [2.75, 3.05) is 0 Å². The molecule has 166 valence electrons. The van der Waals surface area contributed by atoms with Crippen molar-refractivity contribution in [2.45, 2.75) is 0 Å². The average molecular weight is 470 g/mol. The highest BCUT2D eigenvalue weighted by Crippen LogP contribution is 2.41. The molecule has 0 fully saturated rings. The van der Waals surface area contributed by atoms with Crippen molar-refractivity contribution in [3.8, 4) is 45.0 Å². The monoisotopic (exact) mass is 469 g/mol. The third-order valence-corrected chi connectivity index (χ3v) is 6.26. The summed E-state index contributed by atoms with van der Waals surface area (Å²) >= 11 is 6.46. The van der Waals surface area contributed by atoms with Crippen LogP contribution in [0.1, 0.15) is 0 Å². The van der Waals surface area contributed by atoms with Gasteiger partial charge in [-0.15, -0.1) is 0 Å². The second-order valence-corrected chi connectivity index (χ2v) is 8.58. The lowest BCUT2D eigenvalue weighted by molar-refractivity contribution is 1.07. The number of hydrogen-bond acceptors (Lipinski definition) is 3. The third kappa shape index (κ3) is 4.07. The number of hydrogen-bond donors (Lipinski definition) is 0. The maximum absolute atomic E-state index is 6.46. The topological polar surface area (TPSA) is 38.7 Å². The molecule has 35 heavy (non-hydrogen) atoms. The lowest BCUT2D eigenvalue weighted by atomic mass is 9.89. The van der Waals surface area contributed by atoms with Gasteiger partial charge < -0.3 is 0 Å². The Balaban J connectivity index is 1.66. The summed E-state index contributed by atoms with van der Waals surface area (Å²) in [5.74, 6) is 1.11. The smallest absolute Gasteiger partial charge is 0.208 e. The molecule has 3 nitrogen and oxygen atoms in total. The minimum absolute atomic E-state index is 0.170. The van der Waals surface area contributed by atoms with Crippen LogP contribution in [-0.2, 0) is 0 Å². The van der Waals surface area contributed by atoms with E-state index >= 15 is 0 Å². The van der Waals surface area contributed by atoms with Crippen LogP contribution in [-0.4, -0.2) is 15.0 Å². The lowest BCUT2D eigenvalue weighted by Gasteiger charge is -2.16. The van der Waals surface area contributed by atoms with E-state index in [-0.39, 0.29) is 5.28 Å². The van der Waals surface area contributed by atoms with Crippen LogP contribution in [0.4, 0.5) is 0 Å². The maximum atomic E-state index is 6.46. The van der Waals surface area contributed by atoms with Crippen molar-refractivity contribution >= 4 is 22.4 Å². The molecule has 1 heterocycles. The Hall–Kier alpha value is -4.34. The van der Waals surface area contributed by atoms with Crippen LogP contribution >= 0.6 is 11.6 Å². The number of halogens is 1. The molecule has 0 N–H and O–H groups in total. The quantitative estimate of drug-likeness (QED) is 0.260. The molecule has 0 spiro atoms. The van der Waals surface area contributed by atoms with Gasteiger partial charge >= 0.3 is 0 Å². The number of nitrogens with zero attached hydrogens (tertiary/aromatic N) is 3. The molecule has 0 unspecified atom stereocenters. The minimum atomic E-state index is 0.170. The first-order valence-electron chi connectivity index (χ1n) is 11.4. The van der Waals surface area contributed by atoms with Crippen molar-refractivity contribution in [3.63, 3.8) is 0 Å². The van der Waals surface area contributed by atoms with Gasteiger partial charge in [0.15, 0.2) is 11.6 Å². The molecule has 1 aromatic heterocycles. The van der Waals surface area contributed by atoms with Crippen molar-refractivity contribution in [2.24, 2.45) is 0 Å². The van der Waals surface area contributed by atoms with E-state index < -0.39 is 0 Å². The Morgan fingerprint density at radius 1 is 0.429 bits per heavy atom. The van der Waals surface area contributed by atoms with Gasteiger partial charge in [0.05, 0.1) is 0 Å². The van der Waals surface area contributed by atoms with Crippen molar-refractivity contribution < 1.29 is 0 Å². The molecule has 0 aliphatic rings. The Labute approximate surface area is 208 Å². The molecule has 0 radical (unpaired) electrons. The summed E-state index contributed by atoms with van der Waals surface area (Å²) in [4.78, 5) is 13.9. The first-order valence-corrected chi connectivity index (χ1v) is 11.8. The molecule has 6 aromatic rings. The summed E-state index contributed by atoms with van der Waals surface area (Å²) in [6.45, 7) is 0. The van der Waals surface area contributed by atoms with Crippen molar-refractivity contribution in [1.82, 2.24) is 15.0 Å². The van der Waals surface area contributed by atoms with E-state index in [0.29, 0.717) is 11.6 Å². The van der Waals surface area contributed by atoms with Gasteiger partial charge in [-0.05, 0) is 44.6 Å². The fraction of sp³-hybridized carbons (Fsp3) is 0. The molecule has 0 saturated carbocycles. The highest BCUT2D eigenvalue weighted by Gasteiger charge is 2.19. The summed E-state index contributed by atoms with van der Waals surface area (Å²) in [6, 6.07) is 41.3. The second-order valence-electron chi connectivity index (χ2n) is 8.24. The molecule has 0 bridgehead atoms. The Kier molecular flexibility index (Phi) is 5.53. The average Bonchev–Trinajstić information content (AvgIpc) is 2.93. The van der Waals surface area contributed by atoms with Crippen LogP contribution in [0, 0.1) is 0 Å². The Morgan fingerprint density at radius 3 is 1.80 bits per heavy atom. The predicted molar refractivity (Wildman–Crippen MR) is 144 cm³/mol. The van der Waals surface area contributed by atoms with Gasteiger partial charge in [-0.3, -0.25) is 0 Å². The molecule has 0 aliphatic carbocycles. The van der Waals surface area contributed by atoms with Crippen LogP contribution in [0.5, 0.6) is 0 Å². The van der Waals surface area contributed by atoms with Crippen LogP contribution in [0.3, 0.4) is 0 Å². The summed E-state index contributed by atoms with van der Waals surface area (Å²) in [7, 11) is 0. The third-order valence-electron chi connectivity index (χ3n) is 6.09. The first-order chi connectivity index (χ1) is 17.3. The van der Waals surface area contributed by atoms with Crippen LogP contribution < -0.4 is 0 Å². The first kappa shape index (κ1) is 21.2. The zero-order chi connectivity index (χ0) is 23.6. The maximum Gasteiger partial charge on any atom is 0.226 e. The van der Waals surface area contributed by atoms with Gasteiger partial charge in [0.25, 0.3) is 0 Å². The molecular formula is C31H20ClN3. The fourth-order valence-electron chi connectivity index (χ4n) is 4.50. The molecule has 4 heteroatoms. The van der Waals surface area contributed by atoms with Crippen molar-refractivity contribution in [1.29, 1.82) is 0 Å². The standard InChI is InChI=1S/C31H20ClN3/c32-31-34-29(23-14-5-2-6-15-23)33-30(35-31)28-25-17-8-7-13-22(25)19-20-27(28)26-18-10-9-16-24(26)21-11-3-1-4-12-21/h1-20H. The van der Waals surface area contributed by atoms with Gasteiger partial charge in [-0.2, -0.15) is 9.97 Å². The molecular weight excluding hydrogens is 450 g/mol. The lowest BCUT2D eigenvalue weighted by Crippen LogP contribution is -1.99. The summed E-state index contributed by atoms with van der Waals surface area (Å²) in [5, 5.41) is 2.35. The predicted octanol–water partition coefficient (Wildman–Crippen LogP) is 8.35. The van der Waals surface area contributed by atoms with E-state index in [4.69, 9.17) is 16.6 Å². The summed E-state index contributed by atoms with van der Waals surface area (Å²) in [6.07, 6.45) is 0. The number of aromatic nitrogens is 3. The normalized spacial score (nSPS) is 11.0. The van der Waals surface area contributed by atoms with Gasteiger partial charge in [0, 0.05) is 11.1 Å². The van der Waals surface area contributed by atoms with E-state index in [1.54, 1.807) is 0 Å². The van der Waals surface area contributed by atoms with Gasteiger partial charge in [0.1, 0.15) is 0 Å². The van der Waals surface area contributed by atoms with E-state index in [0.717, 1.165) is 44.2 Å². The zero-order valence-corrected chi connectivity index (χ0v) is 19.5. The van der Waals surface area contributed by atoms with Crippen LogP contribution in [0.2, 0.25) is 5.28 Å². The molecule has 0 atom stereocenters. The summed E-state index contributed by atoms with van der Waals surface area (Å²) in [5.41, 5.74) is 6.29. The van der Waals surface area contributed by atoms with Crippen molar-refractivity contribution in [3.05, 3.63) is 127 Å². The van der Waals surface area contributed by atoms with Crippen LogP contribution in [0.25, 0.3) is 55.8 Å². The van der Waals surface area contributed by atoms with Gasteiger partial charge in [0.2, 0.25) is 5.28 Å². The number of benzene rings is 5. The SMILES string of the molecule is Clc1nc(-c2ccccc2)nc(-c2c(-c3ccccc3-c3ccccc3)ccc3ccccc23)n1. The Bertz CT molecular complexity index is 1650. The van der Waals surface area contributed by atoms with Crippen LogP contribution in [0.15, 0.2) is 121 Å². The zero-order valence-electron chi connectivity index (χ0n) is 18.8. The highest BCUT2D eigenvalue weighted by atomic mass is 35.5. The minimum Gasteiger partial charge on any atom is -0.208 e. The molecule has 5 aromatic carbocycles. The van der Waals surface area contributed by atoms with Gasteiger partial charge in [-0.1, -0.05) is 121 Å².